The summed E-state index contributed by atoms with van der Waals surface area (Å²) in [4.78, 5) is 19.9. The van der Waals surface area contributed by atoms with Gasteiger partial charge in [-0.05, 0) is 69.3 Å². The van der Waals surface area contributed by atoms with Gasteiger partial charge in [0.15, 0.2) is 0 Å². The highest BCUT2D eigenvalue weighted by Crippen LogP contribution is 2.23. The molecule has 1 saturated heterocycles. The second-order valence-electron chi connectivity index (χ2n) is 8.34. The molecule has 1 fully saturated rings. The van der Waals surface area contributed by atoms with E-state index < -0.39 is 0 Å². The van der Waals surface area contributed by atoms with Crippen molar-refractivity contribution in [3.05, 3.63) is 75.8 Å². The molecule has 0 atom stereocenters. The van der Waals surface area contributed by atoms with Crippen LogP contribution in [-0.4, -0.2) is 27.5 Å². The summed E-state index contributed by atoms with van der Waals surface area (Å²) < 4.78 is 1.53. The zero-order valence-corrected chi connectivity index (χ0v) is 17.6. The SMILES string of the molecule is Cc1ccc(CCC2CCN(Cc3nc4ccccc4c(=O)n3CC#N)CC2)cc1. The molecular formula is C25H28N4O. The summed E-state index contributed by atoms with van der Waals surface area (Å²) in [5.74, 6) is 1.44. The number of hydrogen-bond acceptors (Lipinski definition) is 4. The molecule has 5 nitrogen and oxygen atoms in total. The Morgan fingerprint density at radius 2 is 1.83 bits per heavy atom. The molecule has 0 N–H and O–H groups in total. The van der Waals surface area contributed by atoms with E-state index >= 15 is 0 Å². The molecule has 30 heavy (non-hydrogen) atoms. The van der Waals surface area contributed by atoms with Crippen LogP contribution >= 0.6 is 0 Å². The molecule has 0 bridgehead atoms. The molecule has 1 aliphatic rings. The Kier molecular flexibility index (Phi) is 6.25. The first-order valence-corrected chi connectivity index (χ1v) is 10.8. The van der Waals surface area contributed by atoms with Gasteiger partial charge >= 0.3 is 0 Å². The van der Waals surface area contributed by atoms with Gasteiger partial charge in [-0.3, -0.25) is 14.3 Å². The van der Waals surface area contributed by atoms with Crippen molar-refractivity contribution >= 4 is 10.9 Å². The number of benzene rings is 2. The Morgan fingerprint density at radius 1 is 1.10 bits per heavy atom. The summed E-state index contributed by atoms with van der Waals surface area (Å²) in [5, 5.41) is 9.77. The maximum atomic E-state index is 12.8. The van der Waals surface area contributed by atoms with E-state index in [0.29, 0.717) is 23.3 Å². The zero-order valence-electron chi connectivity index (χ0n) is 17.6. The normalized spacial score (nSPS) is 15.3. The molecule has 2 heterocycles. The number of nitriles is 1. The minimum absolute atomic E-state index is 0.0407. The molecule has 1 aromatic heterocycles. The van der Waals surface area contributed by atoms with Crippen LogP contribution in [0.3, 0.4) is 0 Å². The van der Waals surface area contributed by atoms with Gasteiger partial charge in [-0.1, -0.05) is 42.0 Å². The summed E-state index contributed by atoms with van der Waals surface area (Å²) in [6.45, 7) is 4.80. The Balaban J connectivity index is 1.39. The van der Waals surface area contributed by atoms with Crippen molar-refractivity contribution in [1.29, 1.82) is 5.26 Å². The molecule has 0 radical (unpaired) electrons. The number of aryl methyl sites for hydroxylation is 2. The topological polar surface area (TPSA) is 61.9 Å². The predicted molar refractivity (Wildman–Crippen MR) is 119 cm³/mol. The van der Waals surface area contributed by atoms with E-state index in [9.17, 15) is 10.1 Å². The summed E-state index contributed by atoms with van der Waals surface area (Å²) >= 11 is 0. The largest absolute Gasteiger partial charge is 0.296 e. The van der Waals surface area contributed by atoms with Crippen molar-refractivity contribution in [2.24, 2.45) is 5.92 Å². The molecular weight excluding hydrogens is 372 g/mol. The minimum atomic E-state index is -0.120. The number of fused-ring (bicyclic) bond motifs is 1. The molecule has 4 rings (SSSR count). The number of aromatic nitrogens is 2. The van der Waals surface area contributed by atoms with Gasteiger partial charge in [0.25, 0.3) is 5.56 Å². The molecule has 0 aliphatic carbocycles. The molecule has 3 aromatic rings. The highest BCUT2D eigenvalue weighted by Gasteiger charge is 2.21. The van der Waals surface area contributed by atoms with Crippen LogP contribution in [0, 0.1) is 24.2 Å². The average molecular weight is 401 g/mol. The number of nitrogens with zero attached hydrogens (tertiary/aromatic N) is 4. The first-order valence-electron chi connectivity index (χ1n) is 10.8. The second-order valence-corrected chi connectivity index (χ2v) is 8.34. The Bertz CT molecular complexity index is 1100. The number of piperidine rings is 1. The monoisotopic (exact) mass is 400 g/mol. The number of likely N-dealkylation sites (tertiary alicyclic amines) is 1. The maximum absolute atomic E-state index is 12.8. The number of hydrogen-bond donors (Lipinski definition) is 0. The Morgan fingerprint density at radius 3 is 2.57 bits per heavy atom. The maximum Gasteiger partial charge on any atom is 0.262 e. The summed E-state index contributed by atoms with van der Waals surface area (Å²) in [6, 6.07) is 18.4. The van der Waals surface area contributed by atoms with Gasteiger partial charge in [0.2, 0.25) is 0 Å². The van der Waals surface area contributed by atoms with Crippen molar-refractivity contribution in [3.63, 3.8) is 0 Å². The van der Waals surface area contributed by atoms with E-state index in [-0.39, 0.29) is 12.1 Å². The Labute approximate surface area is 177 Å². The van der Waals surface area contributed by atoms with Crippen molar-refractivity contribution in [3.8, 4) is 6.07 Å². The van der Waals surface area contributed by atoms with Gasteiger partial charge in [-0.15, -0.1) is 0 Å². The fraction of sp³-hybridized carbons (Fsp3) is 0.400. The van der Waals surface area contributed by atoms with E-state index in [1.54, 1.807) is 6.07 Å². The lowest BCUT2D eigenvalue weighted by molar-refractivity contribution is 0.167. The average Bonchev–Trinajstić information content (AvgIpc) is 2.77. The van der Waals surface area contributed by atoms with Gasteiger partial charge in [0.05, 0.1) is 23.5 Å². The highest BCUT2D eigenvalue weighted by molar-refractivity contribution is 5.77. The van der Waals surface area contributed by atoms with Crippen LogP contribution in [0.15, 0.2) is 53.3 Å². The molecule has 0 spiro atoms. The van der Waals surface area contributed by atoms with Crippen LogP contribution in [-0.2, 0) is 19.5 Å². The summed E-state index contributed by atoms with van der Waals surface area (Å²) in [6.07, 6.45) is 4.70. The van der Waals surface area contributed by atoms with Crippen LogP contribution in [0.5, 0.6) is 0 Å². The van der Waals surface area contributed by atoms with Crippen LogP contribution in [0.2, 0.25) is 0 Å². The number of rotatable bonds is 6. The third-order valence-electron chi connectivity index (χ3n) is 6.20. The molecule has 1 aliphatic heterocycles. The third kappa shape index (κ3) is 4.60. The standard InChI is InChI=1S/C25H28N4O/c1-19-6-8-20(9-7-19)10-11-21-12-15-28(16-13-21)18-24-27-23-5-3-2-4-22(23)25(30)29(24)17-14-26/h2-9,21H,10-13,15-18H2,1H3. The first kappa shape index (κ1) is 20.3. The smallest absolute Gasteiger partial charge is 0.262 e. The van der Waals surface area contributed by atoms with Crippen LogP contribution in [0.1, 0.15) is 36.2 Å². The minimum Gasteiger partial charge on any atom is -0.296 e. The molecule has 154 valence electrons. The van der Waals surface area contributed by atoms with Crippen LogP contribution in [0.25, 0.3) is 10.9 Å². The van der Waals surface area contributed by atoms with E-state index in [4.69, 9.17) is 4.98 Å². The van der Waals surface area contributed by atoms with E-state index in [0.717, 1.165) is 25.4 Å². The molecule has 5 heteroatoms. The summed E-state index contributed by atoms with van der Waals surface area (Å²) in [5.41, 5.74) is 3.32. The highest BCUT2D eigenvalue weighted by atomic mass is 16.1. The lowest BCUT2D eigenvalue weighted by atomic mass is 9.90. The van der Waals surface area contributed by atoms with E-state index in [1.807, 2.05) is 18.2 Å². The molecule has 0 unspecified atom stereocenters. The van der Waals surface area contributed by atoms with E-state index in [2.05, 4.69) is 42.2 Å². The zero-order chi connectivity index (χ0) is 20.9. The number of para-hydroxylation sites is 1. The lowest BCUT2D eigenvalue weighted by Gasteiger charge is -2.32. The molecule has 0 amide bonds. The van der Waals surface area contributed by atoms with Crippen molar-refractivity contribution in [2.45, 2.75) is 45.7 Å². The fourth-order valence-electron chi connectivity index (χ4n) is 4.33. The van der Waals surface area contributed by atoms with Gasteiger partial charge in [0, 0.05) is 0 Å². The van der Waals surface area contributed by atoms with E-state index in [1.165, 1.54) is 35.0 Å². The van der Waals surface area contributed by atoms with Crippen LogP contribution in [0.4, 0.5) is 0 Å². The van der Waals surface area contributed by atoms with Gasteiger partial charge < -0.3 is 0 Å². The predicted octanol–water partition coefficient (Wildman–Crippen LogP) is 4.07. The third-order valence-corrected chi connectivity index (χ3v) is 6.20. The summed E-state index contributed by atoms with van der Waals surface area (Å²) in [7, 11) is 0. The quantitative estimate of drug-likeness (QED) is 0.626. The van der Waals surface area contributed by atoms with Gasteiger partial charge in [-0.25, -0.2) is 4.98 Å². The lowest BCUT2D eigenvalue weighted by Crippen LogP contribution is -2.36. The Hall–Kier alpha value is -2.97. The van der Waals surface area contributed by atoms with Gasteiger partial charge in [0.1, 0.15) is 12.4 Å². The van der Waals surface area contributed by atoms with Crippen molar-refractivity contribution < 1.29 is 0 Å². The van der Waals surface area contributed by atoms with Crippen molar-refractivity contribution in [2.75, 3.05) is 13.1 Å². The molecule has 2 aromatic carbocycles. The fourth-order valence-corrected chi connectivity index (χ4v) is 4.33. The van der Waals surface area contributed by atoms with Crippen molar-refractivity contribution in [1.82, 2.24) is 14.5 Å². The molecule has 0 saturated carbocycles. The first-order chi connectivity index (χ1) is 14.6. The van der Waals surface area contributed by atoms with Gasteiger partial charge in [-0.2, -0.15) is 5.26 Å². The second kappa shape index (κ2) is 9.23. The van der Waals surface area contributed by atoms with Crippen LogP contribution < -0.4 is 5.56 Å².